The van der Waals surface area contributed by atoms with Gasteiger partial charge in [-0.25, -0.2) is 0 Å². The maximum absolute atomic E-state index is 10.5. The van der Waals surface area contributed by atoms with Crippen LogP contribution < -0.4 is 0 Å². The molecule has 5 heteroatoms. The molecule has 0 aliphatic carbocycles. The average Bonchev–Trinajstić information content (AvgIpc) is 2.97. The van der Waals surface area contributed by atoms with E-state index in [-0.39, 0.29) is 0 Å². The van der Waals surface area contributed by atoms with Crippen LogP contribution in [0.1, 0.15) is 28.4 Å². The zero-order chi connectivity index (χ0) is 17.1. The lowest BCUT2D eigenvalue weighted by Crippen LogP contribution is -2.47. The summed E-state index contributed by atoms with van der Waals surface area (Å²) in [5, 5.41) is 14.8. The van der Waals surface area contributed by atoms with Gasteiger partial charge in [0, 0.05) is 58.1 Å². The van der Waals surface area contributed by atoms with Crippen molar-refractivity contribution in [3.63, 3.8) is 0 Å². The highest BCUT2D eigenvalue weighted by atomic mass is 16.3. The van der Waals surface area contributed by atoms with Gasteiger partial charge in [-0.3, -0.25) is 14.5 Å². The molecule has 1 N–H and O–H groups in total. The van der Waals surface area contributed by atoms with Gasteiger partial charge in [0.2, 0.25) is 0 Å². The Morgan fingerprint density at radius 3 is 2.42 bits per heavy atom. The first kappa shape index (κ1) is 17.1. The fraction of sp³-hybridized carbons (Fsp3) is 0.526. The molecule has 1 aromatic carbocycles. The largest absolute Gasteiger partial charge is 0.387 e. The molecule has 0 saturated carbocycles. The average molecular weight is 328 g/mol. The van der Waals surface area contributed by atoms with Gasteiger partial charge in [0.25, 0.3) is 0 Å². The van der Waals surface area contributed by atoms with Crippen LogP contribution in [0.4, 0.5) is 0 Å². The lowest BCUT2D eigenvalue weighted by molar-refractivity contribution is 0.0701. The van der Waals surface area contributed by atoms with Gasteiger partial charge in [0.05, 0.1) is 12.3 Å². The number of β-amino-alcohol motifs (C(OH)–C–C–N with tert-alkyl or cyclic N) is 1. The van der Waals surface area contributed by atoms with E-state index in [1.165, 1.54) is 16.7 Å². The number of rotatable bonds is 5. The molecule has 24 heavy (non-hydrogen) atoms. The van der Waals surface area contributed by atoms with Crippen molar-refractivity contribution in [3.8, 4) is 0 Å². The molecule has 0 bridgehead atoms. The Kier molecular flexibility index (Phi) is 5.33. The first-order valence-electron chi connectivity index (χ1n) is 8.69. The summed E-state index contributed by atoms with van der Waals surface area (Å²) in [6.07, 6.45) is 3.61. The van der Waals surface area contributed by atoms with E-state index < -0.39 is 6.10 Å². The van der Waals surface area contributed by atoms with Crippen LogP contribution in [0.2, 0.25) is 0 Å². The third-order valence-corrected chi connectivity index (χ3v) is 4.98. The second-order valence-corrected chi connectivity index (χ2v) is 6.96. The molecular weight excluding hydrogens is 300 g/mol. The van der Waals surface area contributed by atoms with Gasteiger partial charge in [-0.05, 0) is 30.5 Å². The van der Waals surface area contributed by atoms with Gasteiger partial charge in [-0.1, -0.05) is 18.2 Å². The van der Waals surface area contributed by atoms with Crippen LogP contribution in [0.3, 0.4) is 0 Å². The number of aromatic nitrogens is 2. The van der Waals surface area contributed by atoms with E-state index in [0.29, 0.717) is 6.54 Å². The smallest absolute Gasteiger partial charge is 0.0917 e. The van der Waals surface area contributed by atoms with E-state index in [4.69, 9.17) is 0 Å². The van der Waals surface area contributed by atoms with Crippen LogP contribution >= 0.6 is 0 Å². The molecule has 1 aromatic heterocycles. The Morgan fingerprint density at radius 2 is 1.79 bits per heavy atom. The van der Waals surface area contributed by atoms with E-state index in [1.807, 2.05) is 24.0 Å². The zero-order valence-electron chi connectivity index (χ0n) is 14.9. The molecule has 2 aromatic rings. The molecule has 2 heterocycles. The summed E-state index contributed by atoms with van der Waals surface area (Å²) in [4.78, 5) is 4.82. The fourth-order valence-electron chi connectivity index (χ4n) is 3.26. The number of benzene rings is 1. The van der Waals surface area contributed by atoms with Gasteiger partial charge >= 0.3 is 0 Å². The second-order valence-electron chi connectivity index (χ2n) is 6.96. The molecule has 1 unspecified atom stereocenters. The Balaban J connectivity index is 1.48. The molecule has 1 saturated heterocycles. The highest BCUT2D eigenvalue weighted by molar-refractivity contribution is 5.31. The molecule has 1 aliphatic heterocycles. The van der Waals surface area contributed by atoms with E-state index in [0.717, 1.165) is 38.3 Å². The molecular formula is C19H28N4O. The predicted molar refractivity (Wildman–Crippen MR) is 95.8 cm³/mol. The van der Waals surface area contributed by atoms with Crippen LogP contribution in [0.5, 0.6) is 0 Å². The van der Waals surface area contributed by atoms with Crippen molar-refractivity contribution >= 4 is 0 Å². The number of aliphatic hydroxyl groups is 1. The third-order valence-electron chi connectivity index (χ3n) is 4.98. The maximum Gasteiger partial charge on any atom is 0.0917 e. The first-order chi connectivity index (χ1) is 11.5. The van der Waals surface area contributed by atoms with Crippen LogP contribution in [0, 0.1) is 13.8 Å². The minimum Gasteiger partial charge on any atom is -0.387 e. The van der Waals surface area contributed by atoms with Crippen LogP contribution in [0.15, 0.2) is 30.6 Å². The van der Waals surface area contributed by atoms with Gasteiger partial charge < -0.3 is 5.11 Å². The SMILES string of the molecule is Cc1ccc(C(O)CN2CCN(Cc3cnn(C)c3)CC2)cc1C. The van der Waals surface area contributed by atoms with Crippen molar-refractivity contribution in [1.29, 1.82) is 0 Å². The molecule has 0 amide bonds. The number of hydrogen-bond acceptors (Lipinski definition) is 4. The Labute approximate surface area is 144 Å². The number of aliphatic hydroxyl groups excluding tert-OH is 1. The highest BCUT2D eigenvalue weighted by Crippen LogP contribution is 2.19. The van der Waals surface area contributed by atoms with Gasteiger partial charge in [0.1, 0.15) is 0 Å². The van der Waals surface area contributed by atoms with Crippen molar-refractivity contribution < 1.29 is 5.11 Å². The summed E-state index contributed by atoms with van der Waals surface area (Å²) in [5.74, 6) is 0. The molecule has 5 nitrogen and oxygen atoms in total. The van der Waals surface area contributed by atoms with Crippen molar-refractivity contribution in [2.75, 3.05) is 32.7 Å². The van der Waals surface area contributed by atoms with Crippen molar-refractivity contribution in [2.24, 2.45) is 7.05 Å². The number of hydrogen-bond donors (Lipinski definition) is 1. The standard InChI is InChI=1S/C19H28N4O/c1-15-4-5-18(10-16(15)2)19(24)14-23-8-6-22(7-9-23)13-17-11-20-21(3)12-17/h4-5,10-12,19,24H,6-9,13-14H2,1-3H3. The monoisotopic (exact) mass is 328 g/mol. The second kappa shape index (κ2) is 7.47. The van der Waals surface area contributed by atoms with E-state index in [2.05, 4.69) is 47.1 Å². The summed E-state index contributed by atoms with van der Waals surface area (Å²) < 4.78 is 1.85. The fourth-order valence-corrected chi connectivity index (χ4v) is 3.26. The number of nitrogens with zero attached hydrogens (tertiary/aromatic N) is 4. The first-order valence-corrected chi connectivity index (χ1v) is 8.69. The molecule has 1 atom stereocenters. The molecule has 0 spiro atoms. The Bertz CT molecular complexity index is 674. The maximum atomic E-state index is 10.5. The summed E-state index contributed by atoms with van der Waals surface area (Å²) in [7, 11) is 1.95. The van der Waals surface area contributed by atoms with E-state index in [1.54, 1.807) is 0 Å². The zero-order valence-corrected chi connectivity index (χ0v) is 14.9. The summed E-state index contributed by atoms with van der Waals surface area (Å²) in [5.41, 5.74) is 4.81. The minimum absolute atomic E-state index is 0.408. The lowest BCUT2D eigenvalue weighted by Gasteiger charge is -2.35. The van der Waals surface area contributed by atoms with Crippen LogP contribution in [-0.4, -0.2) is 57.4 Å². The van der Waals surface area contributed by atoms with Gasteiger partial charge in [-0.2, -0.15) is 5.10 Å². The quantitative estimate of drug-likeness (QED) is 0.910. The molecule has 1 aliphatic rings. The van der Waals surface area contributed by atoms with E-state index in [9.17, 15) is 5.11 Å². The van der Waals surface area contributed by atoms with Gasteiger partial charge in [0.15, 0.2) is 0 Å². The van der Waals surface area contributed by atoms with E-state index >= 15 is 0 Å². The van der Waals surface area contributed by atoms with Gasteiger partial charge in [-0.15, -0.1) is 0 Å². The summed E-state index contributed by atoms with van der Waals surface area (Å²) in [6.45, 7) is 9.95. The summed E-state index contributed by atoms with van der Waals surface area (Å²) >= 11 is 0. The Hall–Kier alpha value is -1.69. The minimum atomic E-state index is -0.408. The van der Waals surface area contributed by atoms with Crippen molar-refractivity contribution in [3.05, 3.63) is 52.8 Å². The highest BCUT2D eigenvalue weighted by Gasteiger charge is 2.20. The molecule has 3 rings (SSSR count). The van der Waals surface area contributed by atoms with Crippen molar-refractivity contribution in [2.45, 2.75) is 26.5 Å². The topological polar surface area (TPSA) is 44.5 Å². The number of piperazine rings is 1. The normalized spacial score (nSPS) is 18.0. The van der Waals surface area contributed by atoms with Crippen LogP contribution in [-0.2, 0) is 13.6 Å². The molecule has 130 valence electrons. The molecule has 1 fully saturated rings. The molecule has 0 radical (unpaired) electrons. The Morgan fingerprint density at radius 1 is 1.08 bits per heavy atom. The third kappa shape index (κ3) is 4.23. The van der Waals surface area contributed by atoms with Crippen LogP contribution in [0.25, 0.3) is 0 Å². The van der Waals surface area contributed by atoms with Crippen molar-refractivity contribution in [1.82, 2.24) is 19.6 Å². The summed E-state index contributed by atoms with van der Waals surface area (Å²) in [6, 6.07) is 6.25. The predicted octanol–water partition coefficient (Wildman–Crippen LogP) is 1.89. The lowest BCUT2D eigenvalue weighted by atomic mass is 10.0. The number of aryl methyl sites for hydroxylation is 3.